The van der Waals surface area contributed by atoms with E-state index >= 15 is 0 Å². The molecular weight excluding hydrogens is 332 g/mol. The van der Waals surface area contributed by atoms with E-state index in [1.807, 2.05) is 13.0 Å². The fraction of sp³-hybridized carbons (Fsp3) is 0.583. The number of carbonyl (C=O) groups is 1. The molecule has 1 aromatic heterocycles. The van der Waals surface area contributed by atoms with E-state index in [1.54, 1.807) is 23.1 Å². The third-order valence-corrected chi connectivity index (χ3v) is 5.75. The molecule has 2 unspecified atom stereocenters. The molecule has 2 atom stereocenters. The van der Waals surface area contributed by atoms with Crippen molar-refractivity contribution >= 4 is 44.9 Å². The summed E-state index contributed by atoms with van der Waals surface area (Å²) in [6.45, 7) is 4.68. The molecule has 0 saturated heterocycles. The van der Waals surface area contributed by atoms with E-state index in [9.17, 15) is 4.79 Å². The van der Waals surface area contributed by atoms with E-state index in [0.29, 0.717) is 12.3 Å². The van der Waals surface area contributed by atoms with Crippen LogP contribution >= 0.6 is 39.0 Å². The van der Waals surface area contributed by atoms with Crippen molar-refractivity contribution in [3.63, 3.8) is 0 Å². The molecule has 3 N–H and O–H groups in total. The molecule has 102 valence electrons. The maximum absolute atomic E-state index is 11.5. The van der Waals surface area contributed by atoms with Gasteiger partial charge in [-0.05, 0) is 41.4 Å². The van der Waals surface area contributed by atoms with Gasteiger partial charge in [0.05, 0.1) is 14.8 Å². The molecule has 18 heavy (non-hydrogen) atoms. The van der Waals surface area contributed by atoms with Crippen molar-refractivity contribution in [2.45, 2.75) is 31.6 Å². The van der Waals surface area contributed by atoms with Gasteiger partial charge in [0.2, 0.25) is 5.91 Å². The van der Waals surface area contributed by atoms with Crippen molar-refractivity contribution in [2.75, 3.05) is 12.3 Å². The molecule has 1 aromatic rings. The minimum absolute atomic E-state index is 0.0754. The van der Waals surface area contributed by atoms with Gasteiger partial charge in [-0.3, -0.25) is 4.79 Å². The highest BCUT2D eigenvalue weighted by Gasteiger charge is 2.21. The van der Waals surface area contributed by atoms with E-state index in [2.05, 4.69) is 34.2 Å². The summed E-state index contributed by atoms with van der Waals surface area (Å²) < 4.78 is 1.10. The van der Waals surface area contributed by atoms with Crippen LogP contribution in [0.5, 0.6) is 0 Å². The van der Waals surface area contributed by atoms with Gasteiger partial charge in [-0.2, -0.15) is 0 Å². The Morgan fingerprint density at radius 3 is 2.78 bits per heavy atom. The second-order valence-electron chi connectivity index (χ2n) is 3.90. The van der Waals surface area contributed by atoms with Crippen LogP contribution in [-0.4, -0.2) is 24.2 Å². The first kappa shape index (κ1) is 16.0. The van der Waals surface area contributed by atoms with Crippen molar-refractivity contribution in [2.24, 2.45) is 5.73 Å². The summed E-state index contributed by atoms with van der Waals surface area (Å²) in [5, 5.41) is 3.00. The monoisotopic (exact) mass is 350 g/mol. The van der Waals surface area contributed by atoms with Gasteiger partial charge >= 0.3 is 0 Å². The van der Waals surface area contributed by atoms with E-state index in [1.165, 1.54) is 4.88 Å². The zero-order valence-electron chi connectivity index (χ0n) is 10.6. The first-order valence-corrected chi connectivity index (χ1v) is 8.63. The molecule has 1 amide bonds. The van der Waals surface area contributed by atoms with E-state index in [0.717, 1.165) is 10.2 Å². The zero-order valence-corrected chi connectivity index (χ0v) is 13.8. The minimum Gasteiger partial charge on any atom is -0.356 e. The highest BCUT2D eigenvalue weighted by Crippen LogP contribution is 2.38. The van der Waals surface area contributed by atoms with Crippen molar-refractivity contribution in [1.29, 1.82) is 0 Å². The lowest BCUT2D eigenvalue weighted by Gasteiger charge is -2.21. The van der Waals surface area contributed by atoms with Gasteiger partial charge in [0.25, 0.3) is 0 Å². The number of nitrogens with one attached hydrogen (secondary N) is 1. The molecule has 1 heterocycles. The van der Waals surface area contributed by atoms with Crippen LogP contribution in [0.1, 0.15) is 30.4 Å². The van der Waals surface area contributed by atoms with Crippen molar-refractivity contribution in [1.82, 2.24) is 5.32 Å². The molecular formula is C12H19BrN2OS2. The Morgan fingerprint density at radius 2 is 2.28 bits per heavy atom. The normalized spacial score (nSPS) is 14.2. The Hall–Kier alpha value is -0.0400. The molecule has 6 heteroatoms. The van der Waals surface area contributed by atoms with Crippen LogP contribution in [0.15, 0.2) is 15.9 Å². The van der Waals surface area contributed by atoms with Crippen LogP contribution in [0, 0.1) is 0 Å². The highest BCUT2D eigenvalue weighted by molar-refractivity contribution is 9.11. The fourth-order valence-corrected chi connectivity index (χ4v) is 4.47. The summed E-state index contributed by atoms with van der Waals surface area (Å²) >= 11 is 6.78. The van der Waals surface area contributed by atoms with E-state index in [4.69, 9.17) is 5.73 Å². The lowest BCUT2D eigenvalue weighted by Crippen LogP contribution is -2.29. The first-order chi connectivity index (χ1) is 8.58. The van der Waals surface area contributed by atoms with E-state index in [-0.39, 0.29) is 17.2 Å². The van der Waals surface area contributed by atoms with Gasteiger partial charge in [0, 0.05) is 17.5 Å². The first-order valence-electron chi connectivity index (χ1n) is 5.97. The average molecular weight is 351 g/mol. The molecule has 1 rings (SSSR count). The summed E-state index contributed by atoms with van der Waals surface area (Å²) in [5.41, 5.74) is 6.16. The van der Waals surface area contributed by atoms with Crippen molar-refractivity contribution in [3.8, 4) is 0 Å². The predicted molar refractivity (Wildman–Crippen MR) is 84.2 cm³/mol. The summed E-state index contributed by atoms with van der Waals surface area (Å²) in [7, 11) is 0. The van der Waals surface area contributed by atoms with Gasteiger partial charge in [0.15, 0.2) is 0 Å². The smallest absolute Gasteiger partial charge is 0.230 e. The summed E-state index contributed by atoms with van der Waals surface area (Å²) in [4.78, 5) is 12.7. The predicted octanol–water partition coefficient (Wildman–Crippen LogP) is 3.16. The van der Waals surface area contributed by atoms with E-state index < -0.39 is 0 Å². The van der Waals surface area contributed by atoms with Gasteiger partial charge in [0.1, 0.15) is 0 Å². The molecule has 0 aromatic carbocycles. The second kappa shape index (κ2) is 8.19. The summed E-state index contributed by atoms with van der Waals surface area (Å²) in [5.74, 6) is 0.535. The molecule has 0 saturated carbocycles. The topological polar surface area (TPSA) is 55.1 Å². The average Bonchev–Trinajstić information content (AvgIpc) is 2.76. The van der Waals surface area contributed by atoms with Crippen molar-refractivity contribution < 1.29 is 4.79 Å². The molecule has 0 aliphatic heterocycles. The Morgan fingerprint density at radius 1 is 1.56 bits per heavy atom. The highest BCUT2D eigenvalue weighted by atomic mass is 79.9. The summed E-state index contributed by atoms with van der Waals surface area (Å²) in [6, 6.07) is 4.19. The van der Waals surface area contributed by atoms with Crippen LogP contribution in [0.3, 0.4) is 0 Å². The van der Waals surface area contributed by atoms with Crippen LogP contribution < -0.4 is 11.1 Å². The van der Waals surface area contributed by atoms with Crippen LogP contribution in [-0.2, 0) is 4.79 Å². The number of rotatable bonds is 7. The quantitative estimate of drug-likeness (QED) is 0.793. The van der Waals surface area contributed by atoms with Crippen LogP contribution in [0.25, 0.3) is 0 Å². The maximum atomic E-state index is 11.5. The zero-order chi connectivity index (χ0) is 13.5. The third kappa shape index (κ3) is 4.91. The van der Waals surface area contributed by atoms with Crippen LogP contribution in [0.4, 0.5) is 0 Å². The molecule has 0 radical (unpaired) electrons. The van der Waals surface area contributed by atoms with Gasteiger partial charge in [-0.1, -0.05) is 6.92 Å². The number of thioether (sulfide) groups is 1. The molecule has 3 nitrogen and oxygen atoms in total. The minimum atomic E-state index is 0.0754. The Balaban J connectivity index is 2.65. The largest absolute Gasteiger partial charge is 0.356 e. The number of hydrogen-bond acceptors (Lipinski definition) is 4. The van der Waals surface area contributed by atoms with Crippen LogP contribution in [0.2, 0.25) is 0 Å². The molecule has 0 aliphatic carbocycles. The number of hydrogen-bond donors (Lipinski definition) is 2. The fourth-order valence-electron chi connectivity index (χ4n) is 1.53. The second-order valence-corrected chi connectivity index (χ2v) is 7.52. The van der Waals surface area contributed by atoms with Gasteiger partial charge < -0.3 is 11.1 Å². The van der Waals surface area contributed by atoms with Crippen molar-refractivity contribution in [3.05, 3.63) is 20.8 Å². The number of amides is 1. The number of carbonyl (C=O) groups excluding carboxylic acids is 1. The third-order valence-electron chi connectivity index (χ3n) is 2.50. The van der Waals surface area contributed by atoms with Gasteiger partial charge in [-0.15, -0.1) is 23.1 Å². The SMILES string of the molecule is CCNC(=O)CSC(c1ccc(Br)s1)C(N)CC. The molecule has 0 spiro atoms. The standard InChI is InChI=1S/C12H19BrN2OS2/c1-3-8(14)12(9-5-6-10(13)18-9)17-7-11(16)15-4-2/h5-6,8,12H,3-4,7,14H2,1-2H3,(H,15,16). The molecule has 0 fully saturated rings. The van der Waals surface area contributed by atoms with Gasteiger partial charge in [-0.25, -0.2) is 0 Å². The Labute approximate surface area is 125 Å². The lowest BCUT2D eigenvalue weighted by molar-refractivity contribution is -0.118. The maximum Gasteiger partial charge on any atom is 0.230 e. The number of nitrogens with two attached hydrogens (primary N) is 1. The lowest BCUT2D eigenvalue weighted by atomic mass is 10.1. The number of thiophene rings is 1. The molecule has 0 bridgehead atoms. The molecule has 0 aliphatic rings. The summed E-state index contributed by atoms with van der Waals surface area (Å²) in [6.07, 6.45) is 0.905. The number of halogens is 1. The Kier molecular flexibility index (Phi) is 7.29. The Bertz CT molecular complexity index is 384.